The second-order valence-corrected chi connectivity index (χ2v) is 6.41. The van der Waals surface area contributed by atoms with Crippen LogP contribution in [0.4, 0.5) is 5.82 Å². The predicted molar refractivity (Wildman–Crippen MR) is 98.6 cm³/mol. The van der Waals surface area contributed by atoms with E-state index in [-0.39, 0.29) is 12.2 Å². The van der Waals surface area contributed by atoms with Crippen LogP contribution in [-0.4, -0.2) is 27.2 Å². The number of rotatable bonds is 5. The van der Waals surface area contributed by atoms with Crippen molar-refractivity contribution in [3.63, 3.8) is 0 Å². The summed E-state index contributed by atoms with van der Waals surface area (Å²) in [5.74, 6) is -0.536. The summed E-state index contributed by atoms with van der Waals surface area (Å²) < 4.78 is 0. The van der Waals surface area contributed by atoms with E-state index in [1.807, 2.05) is 0 Å². The van der Waals surface area contributed by atoms with Crippen LogP contribution in [-0.2, 0) is 11.2 Å². The molecule has 2 aromatic carbocycles. The molecule has 0 fully saturated rings. The number of carbonyl (C=O) groups is 1. The summed E-state index contributed by atoms with van der Waals surface area (Å²) in [4.78, 5) is 16.0. The molecule has 0 spiro atoms. The molecule has 7 heteroatoms. The highest BCUT2D eigenvalue weighted by Gasteiger charge is 2.19. The summed E-state index contributed by atoms with van der Waals surface area (Å²) in [5.41, 5.74) is 1.24. The summed E-state index contributed by atoms with van der Waals surface area (Å²) >= 11 is 12.1. The molecule has 0 saturated carbocycles. The molecule has 0 aliphatic carbocycles. The Morgan fingerprint density at radius 2 is 1.96 bits per heavy atom. The molecular weight excluding hydrogens is 363 g/mol. The Balaban J connectivity index is 1.87. The molecule has 1 heterocycles. The van der Waals surface area contributed by atoms with Crippen LogP contribution < -0.4 is 5.32 Å². The normalized spacial score (nSPS) is 12.1. The van der Waals surface area contributed by atoms with Crippen molar-refractivity contribution >= 4 is 45.9 Å². The van der Waals surface area contributed by atoms with Crippen LogP contribution in [0.25, 0.3) is 10.9 Å². The molecule has 3 aromatic rings. The summed E-state index contributed by atoms with van der Waals surface area (Å²) in [7, 11) is 0. The first-order valence-corrected chi connectivity index (χ1v) is 8.21. The maximum atomic E-state index is 11.6. The van der Waals surface area contributed by atoms with Gasteiger partial charge in [0.15, 0.2) is 0 Å². The summed E-state index contributed by atoms with van der Waals surface area (Å²) in [5, 5.41) is 23.6. The second kappa shape index (κ2) is 7.17. The Kier molecular flexibility index (Phi) is 4.97. The van der Waals surface area contributed by atoms with E-state index in [9.17, 15) is 15.0 Å². The minimum atomic E-state index is -1.02. The largest absolute Gasteiger partial charge is 0.508 e. The van der Waals surface area contributed by atoms with Crippen LogP contribution in [0, 0.1) is 0 Å². The number of carboxylic acid groups (broad SMARTS) is 1. The third-order valence-corrected chi connectivity index (χ3v) is 4.19. The number of pyridine rings is 1. The smallest absolute Gasteiger partial charge is 0.326 e. The lowest BCUT2D eigenvalue weighted by Gasteiger charge is -2.16. The molecule has 1 unspecified atom stereocenters. The molecule has 25 heavy (non-hydrogen) atoms. The van der Waals surface area contributed by atoms with Gasteiger partial charge < -0.3 is 15.5 Å². The van der Waals surface area contributed by atoms with Crippen LogP contribution in [0.15, 0.2) is 48.5 Å². The van der Waals surface area contributed by atoms with E-state index in [1.54, 1.807) is 36.4 Å². The second-order valence-electron chi connectivity index (χ2n) is 5.57. The number of hydrogen-bond acceptors (Lipinski definition) is 4. The van der Waals surface area contributed by atoms with E-state index in [2.05, 4.69) is 10.3 Å². The molecule has 0 radical (unpaired) electrons. The number of phenolic OH excluding ortho intramolecular Hbond substituents is 1. The molecule has 0 aliphatic rings. The first kappa shape index (κ1) is 17.3. The zero-order valence-electron chi connectivity index (χ0n) is 12.9. The standard InChI is InChI=1S/C18H14Cl2N2O3/c19-12-8-11-4-5-16(22-17(11)14(20)9-12)21-15(18(24)25)7-10-2-1-3-13(23)6-10/h1-6,8-9,15,23H,7H2,(H,21,22)(H,24,25). The molecule has 3 rings (SSSR count). The van der Waals surface area contributed by atoms with Crippen molar-refractivity contribution in [1.29, 1.82) is 0 Å². The van der Waals surface area contributed by atoms with Crippen LogP contribution in [0.3, 0.4) is 0 Å². The van der Waals surface area contributed by atoms with E-state index in [0.717, 1.165) is 5.39 Å². The number of halogens is 2. The highest BCUT2D eigenvalue weighted by Crippen LogP contribution is 2.28. The fourth-order valence-corrected chi connectivity index (χ4v) is 3.09. The van der Waals surface area contributed by atoms with E-state index < -0.39 is 12.0 Å². The van der Waals surface area contributed by atoms with Gasteiger partial charge in [0.25, 0.3) is 0 Å². The topological polar surface area (TPSA) is 82.5 Å². The van der Waals surface area contributed by atoms with Gasteiger partial charge in [-0.3, -0.25) is 0 Å². The number of aromatic nitrogens is 1. The molecule has 0 saturated heterocycles. The van der Waals surface area contributed by atoms with Gasteiger partial charge in [-0.25, -0.2) is 9.78 Å². The Labute approximate surface area is 153 Å². The van der Waals surface area contributed by atoms with Crippen molar-refractivity contribution in [3.05, 3.63) is 64.1 Å². The SMILES string of the molecule is O=C(O)C(Cc1cccc(O)c1)Nc1ccc2cc(Cl)cc(Cl)c2n1. The average molecular weight is 377 g/mol. The fourth-order valence-electron chi connectivity index (χ4n) is 2.54. The molecule has 3 N–H and O–H groups in total. The van der Waals surface area contributed by atoms with Crippen molar-refractivity contribution in [2.45, 2.75) is 12.5 Å². The van der Waals surface area contributed by atoms with Gasteiger partial charge in [-0.15, -0.1) is 0 Å². The predicted octanol–water partition coefficient (Wildman–Crippen LogP) is 4.36. The maximum Gasteiger partial charge on any atom is 0.326 e. The highest BCUT2D eigenvalue weighted by molar-refractivity contribution is 6.38. The number of nitrogens with zero attached hydrogens (tertiary/aromatic N) is 1. The minimum absolute atomic E-state index is 0.0918. The quantitative estimate of drug-likeness (QED) is 0.616. The Morgan fingerprint density at radius 1 is 1.16 bits per heavy atom. The first-order valence-electron chi connectivity index (χ1n) is 7.45. The first-order chi connectivity index (χ1) is 11.9. The zero-order chi connectivity index (χ0) is 18.0. The molecule has 1 atom stereocenters. The van der Waals surface area contributed by atoms with E-state index >= 15 is 0 Å². The van der Waals surface area contributed by atoms with Crippen molar-refractivity contribution in [1.82, 2.24) is 4.98 Å². The van der Waals surface area contributed by atoms with Crippen molar-refractivity contribution in [2.24, 2.45) is 0 Å². The van der Waals surface area contributed by atoms with E-state index in [4.69, 9.17) is 23.2 Å². The molecule has 0 amide bonds. The van der Waals surface area contributed by atoms with Gasteiger partial charge in [0.2, 0.25) is 0 Å². The molecule has 0 bridgehead atoms. The van der Waals surface area contributed by atoms with Gasteiger partial charge in [-0.1, -0.05) is 35.3 Å². The van der Waals surface area contributed by atoms with Gasteiger partial charge in [0.05, 0.1) is 10.5 Å². The van der Waals surface area contributed by atoms with E-state index in [1.165, 1.54) is 12.1 Å². The van der Waals surface area contributed by atoms with Gasteiger partial charge in [0.1, 0.15) is 17.6 Å². The summed E-state index contributed by atoms with van der Waals surface area (Å²) in [6, 6.07) is 12.4. The third-order valence-electron chi connectivity index (χ3n) is 3.68. The van der Waals surface area contributed by atoms with Crippen LogP contribution in [0.2, 0.25) is 10.0 Å². The molecule has 0 aliphatic heterocycles. The number of carboxylic acids is 1. The van der Waals surface area contributed by atoms with Crippen molar-refractivity contribution < 1.29 is 15.0 Å². The Morgan fingerprint density at radius 3 is 2.68 bits per heavy atom. The van der Waals surface area contributed by atoms with E-state index in [0.29, 0.717) is 26.9 Å². The number of aromatic hydroxyl groups is 1. The number of benzene rings is 2. The number of anilines is 1. The number of nitrogens with one attached hydrogen (secondary N) is 1. The maximum absolute atomic E-state index is 11.6. The molecule has 5 nitrogen and oxygen atoms in total. The lowest BCUT2D eigenvalue weighted by molar-refractivity contribution is -0.137. The molecule has 128 valence electrons. The number of hydrogen-bond donors (Lipinski definition) is 3. The molecule has 1 aromatic heterocycles. The fraction of sp³-hybridized carbons (Fsp3) is 0.111. The monoisotopic (exact) mass is 376 g/mol. The summed E-state index contributed by atoms with van der Waals surface area (Å²) in [6.45, 7) is 0. The lowest BCUT2D eigenvalue weighted by atomic mass is 10.1. The van der Waals surface area contributed by atoms with Gasteiger partial charge >= 0.3 is 5.97 Å². The zero-order valence-corrected chi connectivity index (χ0v) is 14.4. The minimum Gasteiger partial charge on any atom is -0.508 e. The number of phenols is 1. The number of fused-ring (bicyclic) bond motifs is 1. The van der Waals surface area contributed by atoms with Gasteiger partial charge in [0, 0.05) is 16.8 Å². The average Bonchev–Trinajstić information content (AvgIpc) is 2.54. The number of aliphatic carboxylic acids is 1. The highest BCUT2D eigenvalue weighted by atomic mass is 35.5. The lowest BCUT2D eigenvalue weighted by Crippen LogP contribution is -2.31. The Hall–Kier alpha value is -2.50. The van der Waals surface area contributed by atoms with Gasteiger partial charge in [-0.05, 0) is 42.0 Å². The van der Waals surface area contributed by atoms with Crippen molar-refractivity contribution in [3.8, 4) is 5.75 Å². The third kappa shape index (κ3) is 4.13. The van der Waals surface area contributed by atoms with Gasteiger partial charge in [-0.2, -0.15) is 0 Å². The summed E-state index contributed by atoms with van der Waals surface area (Å²) in [6.07, 6.45) is 0.192. The van der Waals surface area contributed by atoms with Crippen molar-refractivity contribution in [2.75, 3.05) is 5.32 Å². The van der Waals surface area contributed by atoms with Crippen LogP contribution in [0.1, 0.15) is 5.56 Å². The molecular formula is C18H14Cl2N2O3. The van der Waals surface area contributed by atoms with Crippen LogP contribution in [0.5, 0.6) is 5.75 Å². The Bertz CT molecular complexity index is 947. The van der Waals surface area contributed by atoms with Crippen LogP contribution >= 0.6 is 23.2 Å².